The fraction of sp³-hybridized carbons (Fsp3) is 0.467. The SMILES string of the molecule is C[C@H](NC(=O)COC(=O)[C@]1(C)CC1(Cl)Cl)c1ccc(Br)cc1. The van der Waals surface area contributed by atoms with Gasteiger partial charge in [0.1, 0.15) is 9.75 Å². The summed E-state index contributed by atoms with van der Waals surface area (Å²) >= 11 is 15.1. The Morgan fingerprint density at radius 3 is 2.41 bits per heavy atom. The van der Waals surface area contributed by atoms with E-state index >= 15 is 0 Å². The monoisotopic (exact) mass is 407 g/mol. The highest BCUT2D eigenvalue weighted by Gasteiger charge is 2.69. The van der Waals surface area contributed by atoms with E-state index in [0.717, 1.165) is 10.0 Å². The van der Waals surface area contributed by atoms with Gasteiger partial charge in [0, 0.05) is 10.9 Å². The van der Waals surface area contributed by atoms with E-state index in [0.29, 0.717) is 6.42 Å². The minimum atomic E-state index is -1.09. The number of hydrogen-bond acceptors (Lipinski definition) is 3. The van der Waals surface area contributed by atoms with Gasteiger partial charge < -0.3 is 10.1 Å². The number of carbonyl (C=O) groups excluding carboxylic acids is 2. The summed E-state index contributed by atoms with van der Waals surface area (Å²) in [4.78, 5) is 23.7. The zero-order valence-electron chi connectivity index (χ0n) is 12.2. The minimum Gasteiger partial charge on any atom is -0.455 e. The van der Waals surface area contributed by atoms with Crippen LogP contribution in [0.5, 0.6) is 0 Å². The van der Waals surface area contributed by atoms with E-state index in [-0.39, 0.29) is 18.6 Å². The molecule has 120 valence electrons. The molecule has 1 saturated carbocycles. The van der Waals surface area contributed by atoms with Gasteiger partial charge in [-0.2, -0.15) is 0 Å². The molecule has 1 fully saturated rings. The number of benzene rings is 1. The van der Waals surface area contributed by atoms with Gasteiger partial charge >= 0.3 is 5.97 Å². The van der Waals surface area contributed by atoms with Crippen LogP contribution in [-0.4, -0.2) is 22.8 Å². The van der Waals surface area contributed by atoms with E-state index in [4.69, 9.17) is 27.9 Å². The second-order valence-corrected chi connectivity index (χ2v) is 8.03. The van der Waals surface area contributed by atoms with Crippen LogP contribution >= 0.6 is 39.1 Å². The highest BCUT2D eigenvalue weighted by molar-refractivity contribution is 9.10. The Hall–Kier alpha value is -0.780. The molecule has 22 heavy (non-hydrogen) atoms. The van der Waals surface area contributed by atoms with E-state index in [1.807, 2.05) is 31.2 Å². The Labute approximate surface area is 147 Å². The van der Waals surface area contributed by atoms with Crippen molar-refractivity contribution in [3.05, 3.63) is 34.3 Å². The molecule has 1 aliphatic rings. The van der Waals surface area contributed by atoms with Crippen molar-refractivity contribution in [3.63, 3.8) is 0 Å². The zero-order valence-corrected chi connectivity index (χ0v) is 15.3. The summed E-state index contributed by atoms with van der Waals surface area (Å²) in [6.07, 6.45) is 0.332. The Kier molecular flexibility index (Phi) is 5.09. The van der Waals surface area contributed by atoms with Crippen molar-refractivity contribution in [2.45, 2.75) is 30.6 Å². The third kappa shape index (κ3) is 3.76. The van der Waals surface area contributed by atoms with Crippen LogP contribution in [0.15, 0.2) is 28.7 Å². The quantitative estimate of drug-likeness (QED) is 0.596. The summed E-state index contributed by atoms with van der Waals surface area (Å²) in [5.74, 6) is -0.924. The summed E-state index contributed by atoms with van der Waals surface area (Å²) in [5.41, 5.74) is 0.0332. The van der Waals surface area contributed by atoms with Crippen LogP contribution < -0.4 is 5.32 Å². The van der Waals surface area contributed by atoms with Crippen LogP contribution in [0, 0.1) is 5.41 Å². The van der Waals surface area contributed by atoms with Gasteiger partial charge in [0.25, 0.3) is 5.91 Å². The average molecular weight is 409 g/mol. The van der Waals surface area contributed by atoms with Crippen LogP contribution in [0.25, 0.3) is 0 Å². The van der Waals surface area contributed by atoms with Crippen LogP contribution in [0.4, 0.5) is 0 Å². The summed E-state index contributed by atoms with van der Waals surface area (Å²) in [7, 11) is 0. The number of ether oxygens (including phenoxy) is 1. The van der Waals surface area contributed by atoms with Gasteiger partial charge in [0.2, 0.25) is 0 Å². The van der Waals surface area contributed by atoms with E-state index in [2.05, 4.69) is 21.2 Å². The molecule has 0 heterocycles. The number of amides is 1. The number of esters is 1. The third-order valence-corrected chi connectivity index (χ3v) is 5.42. The Morgan fingerprint density at radius 1 is 1.36 bits per heavy atom. The predicted molar refractivity (Wildman–Crippen MR) is 88.8 cm³/mol. The topological polar surface area (TPSA) is 55.4 Å². The first kappa shape index (κ1) is 17.6. The average Bonchev–Trinajstić information content (AvgIpc) is 2.97. The van der Waals surface area contributed by atoms with Crippen molar-refractivity contribution in [2.24, 2.45) is 5.41 Å². The molecule has 1 aromatic rings. The van der Waals surface area contributed by atoms with Crippen LogP contribution in [-0.2, 0) is 14.3 Å². The maximum atomic E-state index is 11.9. The highest BCUT2D eigenvalue weighted by atomic mass is 79.9. The smallest absolute Gasteiger partial charge is 0.315 e. The number of hydrogen-bond donors (Lipinski definition) is 1. The minimum absolute atomic E-state index is 0.184. The van der Waals surface area contributed by atoms with Gasteiger partial charge in [-0.15, -0.1) is 23.2 Å². The van der Waals surface area contributed by atoms with Crippen LogP contribution in [0.1, 0.15) is 31.9 Å². The van der Waals surface area contributed by atoms with Gasteiger partial charge in [-0.3, -0.25) is 9.59 Å². The maximum absolute atomic E-state index is 11.9. The summed E-state index contributed by atoms with van der Waals surface area (Å²) in [6.45, 7) is 3.13. The number of rotatable bonds is 5. The maximum Gasteiger partial charge on any atom is 0.315 e. The molecule has 0 saturated heterocycles. The molecule has 0 aliphatic heterocycles. The van der Waals surface area contributed by atoms with E-state index < -0.39 is 15.7 Å². The molecule has 0 bridgehead atoms. The second kappa shape index (κ2) is 6.38. The molecule has 1 aromatic carbocycles. The highest BCUT2D eigenvalue weighted by Crippen LogP contribution is 2.64. The van der Waals surface area contributed by atoms with E-state index in [1.165, 1.54) is 0 Å². The van der Waals surface area contributed by atoms with Gasteiger partial charge in [-0.05, 0) is 31.5 Å². The second-order valence-electron chi connectivity index (χ2n) is 5.63. The molecular formula is C15H16BrCl2NO3. The first-order valence-electron chi connectivity index (χ1n) is 6.75. The van der Waals surface area contributed by atoms with Crippen molar-refractivity contribution in [1.82, 2.24) is 5.32 Å². The standard InChI is InChI=1S/C15H16BrCl2NO3/c1-9(10-3-5-11(16)6-4-10)19-12(20)7-22-13(21)14(2)8-15(14,17)18/h3-6,9H,7-8H2,1-2H3,(H,19,20)/t9-,14-/m0/s1. The fourth-order valence-electron chi connectivity index (χ4n) is 2.03. The summed E-state index contributed by atoms with van der Waals surface area (Å²) in [6, 6.07) is 7.42. The molecular weight excluding hydrogens is 393 g/mol. The van der Waals surface area contributed by atoms with Gasteiger partial charge in [0.15, 0.2) is 6.61 Å². The summed E-state index contributed by atoms with van der Waals surface area (Å²) < 4.78 is 4.87. The molecule has 0 unspecified atom stereocenters. The lowest BCUT2D eigenvalue weighted by molar-refractivity contribution is -0.153. The van der Waals surface area contributed by atoms with Gasteiger partial charge in [-0.25, -0.2) is 0 Å². The lowest BCUT2D eigenvalue weighted by Crippen LogP contribution is -2.33. The first-order valence-corrected chi connectivity index (χ1v) is 8.30. The Bertz CT molecular complexity index is 591. The largest absolute Gasteiger partial charge is 0.455 e. The summed E-state index contributed by atoms with van der Waals surface area (Å²) in [5, 5.41) is 2.77. The van der Waals surface area contributed by atoms with Gasteiger partial charge in [0.05, 0.1) is 6.04 Å². The molecule has 1 amide bonds. The first-order chi connectivity index (χ1) is 10.2. The van der Waals surface area contributed by atoms with E-state index in [1.54, 1.807) is 6.92 Å². The fourth-order valence-corrected chi connectivity index (χ4v) is 2.98. The van der Waals surface area contributed by atoms with Gasteiger partial charge in [-0.1, -0.05) is 28.1 Å². The third-order valence-electron chi connectivity index (χ3n) is 3.79. The van der Waals surface area contributed by atoms with Crippen molar-refractivity contribution in [1.29, 1.82) is 0 Å². The lowest BCUT2D eigenvalue weighted by Gasteiger charge is -2.16. The molecule has 4 nitrogen and oxygen atoms in total. The number of alkyl halides is 2. The molecule has 2 atom stereocenters. The number of nitrogens with one attached hydrogen (secondary N) is 1. The van der Waals surface area contributed by atoms with E-state index in [9.17, 15) is 9.59 Å². The van der Waals surface area contributed by atoms with Crippen molar-refractivity contribution < 1.29 is 14.3 Å². The number of halogens is 3. The Morgan fingerprint density at radius 2 is 1.91 bits per heavy atom. The molecule has 1 aliphatic carbocycles. The Balaban J connectivity index is 1.81. The van der Waals surface area contributed by atoms with Crippen LogP contribution in [0.3, 0.4) is 0 Å². The van der Waals surface area contributed by atoms with Crippen LogP contribution in [0.2, 0.25) is 0 Å². The molecule has 1 N–H and O–H groups in total. The van der Waals surface area contributed by atoms with Crippen molar-refractivity contribution >= 4 is 51.0 Å². The number of carbonyl (C=O) groups is 2. The molecule has 0 radical (unpaired) electrons. The molecule has 7 heteroatoms. The molecule has 0 aromatic heterocycles. The molecule has 0 spiro atoms. The van der Waals surface area contributed by atoms with Crippen molar-refractivity contribution in [3.8, 4) is 0 Å². The molecule has 2 rings (SSSR count). The van der Waals surface area contributed by atoms with Crippen molar-refractivity contribution in [2.75, 3.05) is 6.61 Å². The lowest BCUT2D eigenvalue weighted by atomic mass is 10.1. The predicted octanol–water partition coefficient (Wildman–Crippen LogP) is 3.75. The zero-order chi connectivity index (χ0) is 16.5. The normalized spacial score (nSPS) is 23.5.